The van der Waals surface area contributed by atoms with E-state index in [2.05, 4.69) is 27.0 Å². The van der Waals surface area contributed by atoms with Crippen molar-refractivity contribution in [1.29, 1.82) is 0 Å². The van der Waals surface area contributed by atoms with E-state index in [9.17, 15) is 19.5 Å². The van der Waals surface area contributed by atoms with E-state index in [1.165, 1.54) is 35.5 Å². The Bertz CT molecular complexity index is 1330. The van der Waals surface area contributed by atoms with E-state index in [-0.39, 0.29) is 18.2 Å². The first kappa shape index (κ1) is 25.5. The number of carboxylic acid groups (broad SMARTS) is 1. The maximum absolute atomic E-state index is 12.7. The summed E-state index contributed by atoms with van der Waals surface area (Å²) in [6.07, 6.45) is 4.71. The van der Waals surface area contributed by atoms with E-state index >= 15 is 0 Å². The van der Waals surface area contributed by atoms with Gasteiger partial charge in [-0.05, 0) is 62.9 Å². The third-order valence-electron chi connectivity index (χ3n) is 6.86. The maximum Gasteiger partial charge on any atom is 0.328 e. The van der Waals surface area contributed by atoms with Gasteiger partial charge in [-0.3, -0.25) is 9.59 Å². The van der Waals surface area contributed by atoms with Crippen LogP contribution in [0.15, 0.2) is 41.4 Å². The number of aliphatic carboxylic acids is 1. The molecule has 1 fully saturated rings. The lowest BCUT2D eigenvalue weighted by molar-refractivity contribution is -0.140. The van der Waals surface area contributed by atoms with Gasteiger partial charge in [-0.2, -0.15) is 0 Å². The highest BCUT2D eigenvalue weighted by atomic mass is 32.2. The number of para-hydroxylation sites is 1. The second-order valence-corrected chi connectivity index (χ2v) is 11.9. The smallest absolute Gasteiger partial charge is 0.328 e. The molecule has 0 radical (unpaired) electrons. The fraction of sp³-hybridized carbons (Fsp3) is 0.385. The molecule has 37 heavy (non-hydrogen) atoms. The number of thiophene rings is 2. The number of aliphatic imine (C=N–C) groups is 1. The molecule has 1 saturated heterocycles. The van der Waals surface area contributed by atoms with E-state index in [1.807, 2.05) is 6.07 Å². The third kappa shape index (κ3) is 5.74. The van der Waals surface area contributed by atoms with E-state index in [4.69, 9.17) is 5.73 Å². The van der Waals surface area contributed by atoms with Crippen LogP contribution < -0.4 is 21.7 Å². The summed E-state index contributed by atoms with van der Waals surface area (Å²) in [4.78, 5) is 43.3. The molecule has 2 aromatic heterocycles. The zero-order valence-electron chi connectivity index (χ0n) is 20.2. The Morgan fingerprint density at radius 2 is 1.92 bits per heavy atom. The Morgan fingerprint density at radius 1 is 1.14 bits per heavy atom. The molecule has 1 aromatic carbocycles. The highest BCUT2D eigenvalue weighted by Crippen LogP contribution is 2.35. The first-order valence-corrected chi connectivity index (χ1v) is 14.0. The van der Waals surface area contributed by atoms with E-state index < -0.39 is 24.0 Å². The Balaban J connectivity index is 1.16. The van der Waals surface area contributed by atoms with Crippen LogP contribution in [0.1, 0.15) is 45.4 Å². The SMILES string of the molecule is NC1C(C(=O)N[C@@H](CNC(=O)c2cc3cc(CCC4CCNCC4)sc3s2)C(=O)O)=Nc2ccccc21. The number of hydrogen-bond acceptors (Lipinski definition) is 8. The standard InChI is InChI=1S/C26H29N5O4S2/c27-21-17-3-1-2-4-18(17)30-22(21)24(33)31-19(25(34)35)13-29-23(32)20-12-15-11-16(36-26(15)37-20)6-5-14-7-9-28-10-8-14/h1-4,11-12,14,19,21,28H,5-10,13,27H2,(H,29,32)(H,31,33)(H,34,35)/t19-,21?/m0/s1. The fourth-order valence-corrected chi connectivity index (χ4v) is 7.17. The molecule has 2 amide bonds. The van der Waals surface area contributed by atoms with Crippen molar-refractivity contribution in [2.45, 2.75) is 37.8 Å². The summed E-state index contributed by atoms with van der Waals surface area (Å²) in [5.41, 5.74) is 7.47. The number of rotatable bonds is 9. The number of aryl methyl sites for hydroxylation is 1. The van der Waals surface area contributed by atoms with Gasteiger partial charge in [0.25, 0.3) is 11.8 Å². The van der Waals surface area contributed by atoms with Gasteiger partial charge in [0.05, 0.1) is 20.6 Å². The van der Waals surface area contributed by atoms with Crippen LogP contribution in [0.3, 0.4) is 0 Å². The van der Waals surface area contributed by atoms with Crippen LogP contribution in [0, 0.1) is 5.92 Å². The average molecular weight is 540 g/mol. The van der Waals surface area contributed by atoms with Crippen molar-refractivity contribution >= 4 is 61.3 Å². The Labute approximate surface area is 222 Å². The minimum absolute atomic E-state index is 0.0493. The zero-order chi connectivity index (χ0) is 25.9. The van der Waals surface area contributed by atoms with Crippen LogP contribution in [-0.2, 0) is 16.0 Å². The van der Waals surface area contributed by atoms with Crippen molar-refractivity contribution < 1.29 is 19.5 Å². The van der Waals surface area contributed by atoms with Crippen molar-refractivity contribution in [3.8, 4) is 0 Å². The number of amides is 2. The largest absolute Gasteiger partial charge is 0.480 e. The van der Waals surface area contributed by atoms with Gasteiger partial charge in [0, 0.05) is 22.4 Å². The topological polar surface area (TPSA) is 146 Å². The molecule has 2 aliphatic rings. The number of nitrogens with zero attached hydrogens (tertiary/aromatic N) is 1. The molecular formula is C26H29N5O4S2. The summed E-state index contributed by atoms with van der Waals surface area (Å²) >= 11 is 3.12. The normalized spacial score (nSPS) is 18.3. The average Bonchev–Trinajstić information content (AvgIpc) is 3.57. The number of carboxylic acids is 1. The van der Waals surface area contributed by atoms with Crippen LogP contribution in [0.4, 0.5) is 5.69 Å². The summed E-state index contributed by atoms with van der Waals surface area (Å²) < 4.78 is 1.08. The summed E-state index contributed by atoms with van der Waals surface area (Å²) in [5, 5.41) is 19.1. The number of hydrogen-bond donors (Lipinski definition) is 5. The molecule has 11 heteroatoms. The van der Waals surface area contributed by atoms with Gasteiger partial charge >= 0.3 is 5.97 Å². The highest BCUT2D eigenvalue weighted by Gasteiger charge is 2.31. The number of piperidine rings is 1. The molecule has 5 rings (SSSR count). The number of nitrogens with two attached hydrogens (primary N) is 1. The molecule has 6 N–H and O–H groups in total. The number of carbonyl (C=O) groups is 3. The first-order valence-electron chi connectivity index (χ1n) is 12.4. The van der Waals surface area contributed by atoms with Gasteiger partial charge in [-0.15, -0.1) is 22.7 Å². The van der Waals surface area contributed by atoms with Crippen molar-refractivity contribution in [2.75, 3.05) is 19.6 Å². The summed E-state index contributed by atoms with van der Waals surface area (Å²) in [6, 6.07) is 9.05. The number of fused-ring (bicyclic) bond motifs is 2. The lowest BCUT2D eigenvalue weighted by Gasteiger charge is -2.22. The van der Waals surface area contributed by atoms with Crippen molar-refractivity contribution in [3.63, 3.8) is 0 Å². The van der Waals surface area contributed by atoms with Crippen molar-refractivity contribution in [2.24, 2.45) is 16.6 Å². The summed E-state index contributed by atoms with van der Waals surface area (Å²) in [6.45, 7) is 1.94. The quantitative estimate of drug-likeness (QED) is 0.283. The molecule has 1 unspecified atom stereocenters. The maximum atomic E-state index is 12.7. The number of nitrogens with one attached hydrogen (secondary N) is 3. The molecule has 9 nitrogen and oxygen atoms in total. The van der Waals surface area contributed by atoms with Crippen LogP contribution in [-0.4, -0.2) is 54.3 Å². The minimum Gasteiger partial charge on any atom is -0.480 e. The van der Waals surface area contributed by atoms with Gasteiger partial charge in [0.15, 0.2) is 0 Å². The highest BCUT2D eigenvalue weighted by molar-refractivity contribution is 7.39. The van der Waals surface area contributed by atoms with Crippen LogP contribution in [0.25, 0.3) is 9.40 Å². The lowest BCUT2D eigenvalue weighted by atomic mass is 9.93. The van der Waals surface area contributed by atoms with E-state index in [0.717, 1.165) is 34.8 Å². The fourth-order valence-electron chi connectivity index (χ4n) is 4.75. The van der Waals surface area contributed by atoms with E-state index in [1.54, 1.807) is 35.6 Å². The van der Waals surface area contributed by atoms with Gasteiger partial charge in [-0.1, -0.05) is 18.2 Å². The first-order chi connectivity index (χ1) is 17.9. The lowest BCUT2D eigenvalue weighted by Crippen LogP contribution is -2.51. The van der Waals surface area contributed by atoms with Crippen LogP contribution >= 0.6 is 22.7 Å². The van der Waals surface area contributed by atoms with Gasteiger partial charge in [-0.25, -0.2) is 9.79 Å². The zero-order valence-corrected chi connectivity index (χ0v) is 21.8. The van der Waals surface area contributed by atoms with Crippen LogP contribution in [0.2, 0.25) is 0 Å². The minimum atomic E-state index is -1.32. The molecule has 0 bridgehead atoms. The predicted molar refractivity (Wildman–Crippen MR) is 146 cm³/mol. The summed E-state index contributed by atoms with van der Waals surface area (Å²) in [5.74, 6) is -1.52. The van der Waals surface area contributed by atoms with Gasteiger partial charge < -0.3 is 26.8 Å². The Morgan fingerprint density at radius 3 is 2.65 bits per heavy atom. The monoisotopic (exact) mass is 539 g/mol. The molecule has 2 atom stereocenters. The molecule has 3 aromatic rings. The van der Waals surface area contributed by atoms with Crippen molar-refractivity contribution in [3.05, 3.63) is 51.7 Å². The second-order valence-electron chi connectivity index (χ2n) is 9.41. The Hall–Kier alpha value is -3.12. The van der Waals surface area contributed by atoms with Gasteiger partial charge in [0.2, 0.25) is 0 Å². The third-order valence-corrected chi connectivity index (χ3v) is 9.31. The molecule has 194 valence electrons. The molecule has 0 saturated carbocycles. The number of benzene rings is 1. The van der Waals surface area contributed by atoms with E-state index in [0.29, 0.717) is 16.1 Å². The number of carbonyl (C=O) groups excluding carboxylic acids is 2. The summed E-state index contributed by atoms with van der Waals surface area (Å²) in [7, 11) is 0. The molecule has 4 heterocycles. The molecule has 0 aliphatic carbocycles. The van der Waals surface area contributed by atoms with Crippen LogP contribution in [0.5, 0.6) is 0 Å². The second kappa shape index (κ2) is 11.1. The van der Waals surface area contributed by atoms with Gasteiger partial charge in [0.1, 0.15) is 11.8 Å². The van der Waals surface area contributed by atoms with Crippen molar-refractivity contribution in [1.82, 2.24) is 16.0 Å². The molecule has 0 spiro atoms. The molecular weight excluding hydrogens is 510 g/mol. The predicted octanol–water partition coefficient (Wildman–Crippen LogP) is 2.98. The Kier molecular flexibility index (Phi) is 7.65. The molecule has 2 aliphatic heterocycles.